The predicted octanol–water partition coefficient (Wildman–Crippen LogP) is 0.374. The number of carboxylic acids is 2. The standard InChI is InChI=1S/C6H11NO.C4H4O4/c7-6(8)5-3-1-2-4-5;5-3(6)1-2-4(7)8/h5H,1-4H2,(H2,7,8);1-2H,(H,5,6)(H,7,8). The molecule has 0 aromatic carbocycles. The summed E-state index contributed by atoms with van der Waals surface area (Å²) < 4.78 is 0. The van der Waals surface area contributed by atoms with Crippen LogP contribution in [0.4, 0.5) is 0 Å². The maximum Gasteiger partial charge on any atom is 0.328 e. The van der Waals surface area contributed by atoms with Gasteiger partial charge < -0.3 is 15.9 Å². The van der Waals surface area contributed by atoms with Crippen LogP contribution in [0.15, 0.2) is 12.2 Å². The molecule has 0 saturated heterocycles. The molecule has 1 aliphatic carbocycles. The van der Waals surface area contributed by atoms with Crippen LogP contribution in [-0.4, -0.2) is 28.1 Å². The second-order valence-corrected chi connectivity index (χ2v) is 3.39. The third-order valence-corrected chi connectivity index (χ3v) is 2.13. The average Bonchev–Trinajstić information content (AvgIpc) is 2.68. The largest absolute Gasteiger partial charge is 0.478 e. The summed E-state index contributed by atoms with van der Waals surface area (Å²) in [5, 5.41) is 15.6. The van der Waals surface area contributed by atoms with Crippen LogP contribution < -0.4 is 5.73 Å². The lowest BCUT2D eigenvalue weighted by atomic mass is 10.1. The summed E-state index contributed by atoms with van der Waals surface area (Å²) in [6.07, 6.45) is 5.54. The maximum atomic E-state index is 10.4. The molecule has 0 unspecified atom stereocenters. The van der Waals surface area contributed by atoms with Gasteiger partial charge in [-0.05, 0) is 12.8 Å². The summed E-state index contributed by atoms with van der Waals surface area (Å²) in [5.41, 5.74) is 5.06. The highest BCUT2D eigenvalue weighted by atomic mass is 16.4. The van der Waals surface area contributed by atoms with Crippen molar-refractivity contribution >= 4 is 17.8 Å². The Balaban J connectivity index is 0.000000281. The number of aliphatic carboxylic acids is 2. The fraction of sp³-hybridized carbons (Fsp3) is 0.500. The summed E-state index contributed by atoms with van der Waals surface area (Å²) in [5.74, 6) is -2.42. The van der Waals surface area contributed by atoms with Crippen LogP contribution in [0.3, 0.4) is 0 Å². The van der Waals surface area contributed by atoms with Gasteiger partial charge in [-0.25, -0.2) is 9.59 Å². The zero-order chi connectivity index (χ0) is 12.6. The molecule has 0 spiro atoms. The van der Waals surface area contributed by atoms with Gasteiger partial charge in [-0.2, -0.15) is 0 Å². The first-order chi connectivity index (χ1) is 7.43. The minimum atomic E-state index is -1.26. The quantitative estimate of drug-likeness (QED) is 0.604. The highest BCUT2D eigenvalue weighted by Crippen LogP contribution is 2.23. The first-order valence-electron chi connectivity index (χ1n) is 4.86. The highest BCUT2D eigenvalue weighted by Gasteiger charge is 2.19. The van der Waals surface area contributed by atoms with Crippen molar-refractivity contribution in [1.29, 1.82) is 0 Å². The Bertz CT molecular complexity index is 276. The average molecular weight is 229 g/mol. The number of carboxylic acid groups (broad SMARTS) is 2. The second-order valence-electron chi connectivity index (χ2n) is 3.39. The van der Waals surface area contributed by atoms with E-state index in [1.807, 2.05) is 0 Å². The van der Waals surface area contributed by atoms with Crippen LogP contribution in [0.2, 0.25) is 0 Å². The van der Waals surface area contributed by atoms with Crippen LogP contribution in [0.1, 0.15) is 25.7 Å². The highest BCUT2D eigenvalue weighted by molar-refractivity contribution is 5.89. The van der Waals surface area contributed by atoms with Crippen LogP contribution in [0, 0.1) is 5.92 Å². The van der Waals surface area contributed by atoms with Crippen LogP contribution in [0.5, 0.6) is 0 Å². The summed E-state index contributed by atoms with van der Waals surface area (Å²) in [6, 6.07) is 0. The Morgan fingerprint density at radius 2 is 1.38 bits per heavy atom. The van der Waals surface area contributed by atoms with Crippen molar-refractivity contribution in [1.82, 2.24) is 0 Å². The Morgan fingerprint density at radius 3 is 1.56 bits per heavy atom. The fourth-order valence-corrected chi connectivity index (χ4v) is 1.35. The van der Waals surface area contributed by atoms with Gasteiger partial charge in [-0.3, -0.25) is 4.79 Å². The summed E-state index contributed by atoms with van der Waals surface area (Å²) >= 11 is 0. The Labute approximate surface area is 92.7 Å². The molecule has 1 saturated carbocycles. The van der Waals surface area contributed by atoms with Crippen LogP contribution in [0.25, 0.3) is 0 Å². The topological polar surface area (TPSA) is 118 Å². The van der Waals surface area contributed by atoms with Gasteiger partial charge >= 0.3 is 11.9 Å². The Hall–Kier alpha value is -1.85. The third kappa shape index (κ3) is 7.54. The lowest BCUT2D eigenvalue weighted by molar-refractivity contribution is -0.134. The number of rotatable bonds is 3. The number of carbonyl (C=O) groups is 3. The number of primary amides is 1. The van der Waals surface area contributed by atoms with Gasteiger partial charge in [0.05, 0.1) is 0 Å². The van der Waals surface area contributed by atoms with E-state index in [9.17, 15) is 14.4 Å². The molecule has 6 heteroatoms. The smallest absolute Gasteiger partial charge is 0.328 e. The Kier molecular flexibility index (Phi) is 6.58. The van der Waals surface area contributed by atoms with Crippen molar-refractivity contribution in [2.75, 3.05) is 0 Å². The number of hydrogen-bond donors (Lipinski definition) is 3. The van der Waals surface area contributed by atoms with Crippen molar-refractivity contribution in [3.63, 3.8) is 0 Å². The van der Waals surface area contributed by atoms with E-state index >= 15 is 0 Å². The van der Waals surface area contributed by atoms with E-state index < -0.39 is 11.9 Å². The van der Waals surface area contributed by atoms with Gasteiger partial charge in [-0.1, -0.05) is 12.8 Å². The summed E-state index contributed by atoms with van der Waals surface area (Å²) in [6.45, 7) is 0. The molecule has 0 radical (unpaired) electrons. The molecule has 0 bridgehead atoms. The fourth-order valence-electron chi connectivity index (χ4n) is 1.35. The molecule has 1 aliphatic rings. The first-order valence-corrected chi connectivity index (χ1v) is 4.86. The molecule has 16 heavy (non-hydrogen) atoms. The minimum absolute atomic E-state index is 0.109. The molecule has 0 aromatic rings. The SMILES string of the molecule is NC(=O)C1CCCC1.O=C(O)C=CC(=O)O. The molecular weight excluding hydrogens is 214 g/mol. The van der Waals surface area contributed by atoms with Gasteiger partial charge in [-0.15, -0.1) is 0 Å². The van der Waals surface area contributed by atoms with Crippen LogP contribution in [-0.2, 0) is 14.4 Å². The normalized spacial score (nSPS) is 15.5. The van der Waals surface area contributed by atoms with E-state index in [4.69, 9.17) is 15.9 Å². The molecular formula is C10H15NO5. The molecule has 1 fully saturated rings. The van der Waals surface area contributed by atoms with Crippen molar-refractivity contribution in [2.45, 2.75) is 25.7 Å². The Morgan fingerprint density at radius 1 is 1.00 bits per heavy atom. The molecule has 0 atom stereocenters. The lowest BCUT2D eigenvalue weighted by Gasteiger charge is -1.98. The molecule has 4 N–H and O–H groups in total. The van der Waals surface area contributed by atoms with Gasteiger partial charge in [0.2, 0.25) is 5.91 Å². The molecule has 6 nitrogen and oxygen atoms in total. The van der Waals surface area contributed by atoms with Crippen molar-refractivity contribution < 1.29 is 24.6 Å². The van der Waals surface area contributed by atoms with E-state index in [2.05, 4.69) is 0 Å². The number of amides is 1. The monoisotopic (exact) mass is 229 g/mol. The zero-order valence-corrected chi connectivity index (χ0v) is 8.76. The van der Waals surface area contributed by atoms with Crippen LogP contribution >= 0.6 is 0 Å². The van der Waals surface area contributed by atoms with Gasteiger partial charge in [0.15, 0.2) is 0 Å². The lowest BCUT2D eigenvalue weighted by Crippen LogP contribution is -2.19. The molecule has 90 valence electrons. The van der Waals surface area contributed by atoms with Gasteiger partial charge in [0.1, 0.15) is 0 Å². The predicted molar refractivity (Wildman–Crippen MR) is 55.6 cm³/mol. The van der Waals surface area contributed by atoms with Crippen molar-refractivity contribution in [2.24, 2.45) is 11.7 Å². The summed E-state index contributed by atoms with van der Waals surface area (Å²) in [7, 11) is 0. The van der Waals surface area contributed by atoms with Crippen molar-refractivity contribution in [3.05, 3.63) is 12.2 Å². The van der Waals surface area contributed by atoms with Gasteiger partial charge in [0, 0.05) is 18.1 Å². The van der Waals surface area contributed by atoms with Crippen molar-refractivity contribution in [3.8, 4) is 0 Å². The van der Waals surface area contributed by atoms with E-state index in [-0.39, 0.29) is 11.8 Å². The van der Waals surface area contributed by atoms with E-state index in [1.165, 1.54) is 12.8 Å². The molecule has 0 aromatic heterocycles. The third-order valence-electron chi connectivity index (χ3n) is 2.13. The first kappa shape index (κ1) is 14.2. The number of nitrogens with two attached hydrogens (primary N) is 1. The molecule has 0 heterocycles. The van der Waals surface area contributed by atoms with Gasteiger partial charge in [0.25, 0.3) is 0 Å². The zero-order valence-electron chi connectivity index (χ0n) is 8.76. The maximum absolute atomic E-state index is 10.4. The number of hydrogen-bond acceptors (Lipinski definition) is 3. The minimum Gasteiger partial charge on any atom is -0.478 e. The molecule has 1 amide bonds. The summed E-state index contributed by atoms with van der Waals surface area (Å²) in [4.78, 5) is 29.5. The number of carbonyl (C=O) groups excluding carboxylic acids is 1. The molecule has 1 rings (SSSR count). The second kappa shape index (κ2) is 7.44. The van der Waals surface area contributed by atoms with E-state index in [0.29, 0.717) is 12.2 Å². The van der Waals surface area contributed by atoms with E-state index in [0.717, 1.165) is 12.8 Å². The molecule has 0 aliphatic heterocycles. The van der Waals surface area contributed by atoms with E-state index in [1.54, 1.807) is 0 Å².